The number of benzene rings is 1. The van der Waals surface area contributed by atoms with Gasteiger partial charge < -0.3 is 4.57 Å². The first-order valence-corrected chi connectivity index (χ1v) is 4.95. The second kappa shape index (κ2) is 3.66. The molecule has 2 nitrogen and oxygen atoms in total. The molecule has 0 atom stereocenters. The number of hydrogen-bond acceptors (Lipinski definition) is 1. The Labute approximate surface area is 83.9 Å². The highest BCUT2D eigenvalue weighted by Crippen LogP contribution is 2.16. The van der Waals surface area contributed by atoms with Crippen LogP contribution < -0.4 is 0 Å². The van der Waals surface area contributed by atoms with E-state index in [1.807, 2.05) is 24.4 Å². The summed E-state index contributed by atoms with van der Waals surface area (Å²) < 4.78 is 2.07. The van der Waals surface area contributed by atoms with Crippen molar-refractivity contribution < 1.29 is 0 Å². The van der Waals surface area contributed by atoms with Crippen LogP contribution in [0.2, 0.25) is 0 Å². The maximum atomic E-state index is 4.56. The van der Waals surface area contributed by atoms with Crippen molar-refractivity contribution in [2.75, 3.05) is 0 Å². The molecule has 0 saturated heterocycles. The summed E-state index contributed by atoms with van der Waals surface area (Å²) in [4.78, 5) is 4.56. The Morgan fingerprint density at radius 2 is 2.21 bits per heavy atom. The Morgan fingerprint density at radius 3 is 2.93 bits per heavy atom. The molecule has 0 unspecified atom stereocenters. The Balaban J connectivity index is 2.65. The van der Waals surface area contributed by atoms with Gasteiger partial charge in [0.1, 0.15) is 5.82 Å². The lowest BCUT2D eigenvalue weighted by molar-refractivity contribution is 0.833. The molecule has 0 saturated carbocycles. The summed E-state index contributed by atoms with van der Waals surface area (Å²) in [5.74, 6) is 1.10. The van der Waals surface area contributed by atoms with Gasteiger partial charge >= 0.3 is 0 Å². The standard InChI is InChI=1S/C12H14N2/c1-3-7-12-13-10-8-5-6-9-11(10)14(12)4-2/h4-6,8-9H,2-3,7H2,1H3. The molecule has 0 aliphatic heterocycles. The van der Waals surface area contributed by atoms with Crippen LogP contribution in [0.25, 0.3) is 17.2 Å². The summed E-state index contributed by atoms with van der Waals surface area (Å²) in [6.45, 7) is 5.98. The third-order valence-corrected chi connectivity index (χ3v) is 2.33. The fourth-order valence-electron chi connectivity index (χ4n) is 1.70. The predicted molar refractivity (Wildman–Crippen MR) is 60.1 cm³/mol. The van der Waals surface area contributed by atoms with Crippen LogP contribution >= 0.6 is 0 Å². The van der Waals surface area contributed by atoms with Crippen molar-refractivity contribution in [3.63, 3.8) is 0 Å². The Kier molecular flexibility index (Phi) is 2.35. The highest BCUT2D eigenvalue weighted by molar-refractivity contribution is 5.78. The molecule has 0 bridgehead atoms. The molecule has 1 aromatic heterocycles. The summed E-state index contributed by atoms with van der Waals surface area (Å²) in [7, 11) is 0. The summed E-state index contributed by atoms with van der Waals surface area (Å²) in [6.07, 6.45) is 3.94. The van der Waals surface area contributed by atoms with Gasteiger partial charge in [0.05, 0.1) is 11.0 Å². The zero-order valence-electron chi connectivity index (χ0n) is 8.40. The van der Waals surface area contributed by atoms with E-state index in [9.17, 15) is 0 Å². The number of rotatable bonds is 3. The van der Waals surface area contributed by atoms with E-state index in [1.165, 1.54) is 0 Å². The van der Waals surface area contributed by atoms with Crippen LogP contribution in [0.1, 0.15) is 19.2 Å². The normalized spacial score (nSPS) is 10.6. The molecule has 0 amide bonds. The van der Waals surface area contributed by atoms with E-state index in [-0.39, 0.29) is 0 Å². The highest BCUT2D eigenvalue weighted by Gasteiger charge is 2.05. The second-order valence-electron chi connectivity index (χ2n) is 3.32. The molecule has 0 spiro atoms. The van der Waals surface area contributed by atoms with Crippen molar-refractivity contribution in [2.45, 2.75) is 19.8 Å². The minimum atomic E-state index is 1.00. The van der Waals surface area contributed by atoms with E-state index in [4.69, 9.17) is 0 Å². The first-order chi connectivity index (χ1) is 6.86. The van der Waals surface area contributed by atoms with Crippen molar-refractivity contribution in [1.82, 2.24) is 9.55 Å². The number of hydrogen-bond donors (Lipinski definition) is 0. The van der Waals surface area contributed by atoms with Gasteiger partial charge in [-0.2, -0.15) is 0 Å². The molecule has 2 aromatic rings. The monoisotopic (exact) mass is 186 g/mol. The molecule has 0 radical (unpaired) electrons. The number of aryl methyl sites for hydroxylation is 1. The Bertz CT molecular complexity index is 454. The molecule has 2 heteroatoms. The average Bonchev–Trinajstić information content (AvgIpc) is 2.55. The first kappa shape index (κ1) is 9.00. The quantitative estimate of drug-likeness (QED) is 0.720. The maximum Gasteiger partial charge on any atom is 0.113 e. The molecular weight excluding hydrogens is 172 g/mol. The lowest BCUT2D eigenvalue weighted by Crippen LogP contribution is -1.94. The minimum absolute atomic E-state index is 1.00. The molecule has 0 N–H and O–H groups in total. The first-order valence-electron chi connectivity index (χ1n) is 4.95. The summed E-state index contributed by atoms with van der Waals surface area (Å²) in [5, 5.41) is 0. The van der Waals surface area contributed by atoms with E-state index in [0.717, 1.165) is 29.7 Å². The van der Waals surface area contributed by atoms with Gasteiger partial charge in [0.2, 0.25) is 0 Å². The van der Waals surface area contributed by atoms with Crippen molar-refractivity contribution in [3.05, 3.63) is 36.7 Å². The molecule has 0 aliphatic carbocycles. The van der Waals surface area contributed by atoms with E-state index in [2.05, 4.69) is 29.1 Å². The highest BCUT2D eigenvalue weighted by atomic mass is 15.1. The maximum absolute atomic E-state index is 4.56. The molecule has 72 valence electrons. The third-order valence-electron chi connectivity index (χ3n) is 2.33. The van der Waals surface area contributed by atoms with Crippen LogP contribution in [0.3, 0.4) is 0 Å². The molecule has 2 rings (SSSR count). The molecule has 1 heterocycles. The van der Waals surface area contributed by atoms with Gasteiger partial charge in [0.15, 0.2) is 0 Å². The van der Waals surface area contributed by atoms with E-state index >= 15 is 0 Å². The van der Waals surface area contributed by atoms with Gasteiger partial charge in [0, 0.05) is 12.6 Å². The zero-order valence-corrected chi connectivity index (χ0v) is 8.40. The number of aromatic nitrogens is 2. The van der Waals surface area contributed by atoms with Crippen LogP contribution in [-0.4, -0.2) is 9.55 Å². The molecule has 0 aliphatic rings. The predicted octanol–water partition coefficient (Wildman–Crippen LogP) is 3.09. The van der Waals surface area contributed by atoms with Gasteiger partial charge in [-0.1, -0.05) is 25.6 Å². The number of nitrogens with zero attached hydrogens (tertiary/aromatic N) is 2. The molecular formula is C12H14N2. The Hall–Kier alpha value is -1.57. The topological polar surface area (TPSA) is 17.8 Å². The summed E-state index contributed by atoms with van der Waals surface area (Å²) in [5.41, 5.74) is 2.20. The van der Waals surface area contributed by atoms with Gasteiger partial charge in [-0.05, 0) is 18.6 Å². The number of para-hydroxylation sites is 2. The van der Waals surface area contributed by atoms with Crippen molar-refractivity contribution in [2.24, 2.45) is 0 Å². The third kappa shape index (κ3) is 1.33. The smallest absolute Gasteiger partial charge is 0.113 e. The van der Waals surface area contributed by atoms with Crippen molar-refractivity contribution >= 4 is 17.2 Å². The van der Waals surface area contributed by atoms with Gasteiger partial charge in [-0.25, -0.2) is 4.98 Å². The van der Waals surface area contributed by atoms with Crippen LogP contribution in [0.15, 0.2) is 30.8 Å². The van der Waals surface area contributed by atoms with Crippen LogP contribution in [0.5, 0.6) is 0 Å². The molecule has 1 aromatic carbocycles. The van der Waals surface area contributed by atoms with Crippen LogP contribution in [0, 0.1) is 0 Å². The SMILES string of the molecule is C=Cn1c(CCC)nc2ccccc21. The van der Waals surface area contributed by atoms with Crippen LogP contribution in [-0.2, 0) is 6.42 Å². The lowest BCUT2D eigenvalue weighted by Gasteiger charge is -2.00. The Morgan fingerprint density at radius 1 is 1.43 bits per heavy atom. The number of fused-ring (bicyclic) bond motifs is 1. The summed E-state index contributed by atoms with van der Waals surface area (Å²) in [6, 6.07) is 8.15. The zero-order chi connectivity index (χ0) is 9.97. The fourth-order valence-corrected chi connectivity index (χ4v) is 1.70. The summed E-state index contributed by atoms with van der Waals surface area (Å²) >= 11 is 0. The van der Waals surface area contributed by atoms with Crippen LogP contribution in [0.4, 0.5) is 0 Å². The van der Waals surface area contributed by atoms with E-state index in [0.29, 0.717) is 0 Å². The minimum Gasteiger partial charge on any atom is -0.304 e. The largest absolute Gasteiger partial charge is 0.304 e. The molecule has 14 heavy (non-hydrogen) atoms. The fraction of sp³-hybridized carbons (Fsp3) is 0.250. The second-order valence-corrected chi connectivity index (χ2v) is 3.32. The van der Waals surface area contributed by atoms with Gasteiger partial charge in [0.25, 0.3) is 0 Å². The van der Waals surface area contributed by atoms with Crippen molar-refractivity contribution in [1.29, 1.82) is 0 Å². The average molecular weight is 186 g/mol. The van der Waals surface area contributed by atoms with Crippen molar-refractivity contribution in [3.8, 4) is 0 Å². The van der Waals surface area contributed by atoms with Gasteiger partial charge in [-0.3, -0.25) is 0 Å². The number of imidazole rings is 1. The van der Waals surface area contributed by atoms with Gasteiger partial charge in [-0.15, -0.1) is 0 Å². The molecule has 0 fully saturated rings. The van der Waals surface area contributed by atoms with E-state index < -0.39 is 0 Å². The lowest BCUT2D eigenvalue weighted by atomic mass is 10.3. The van der Waals surface area contributed by atoms with E-state index in [1.54, 1.807) is 0 Å².